The van der Waals surface area contributed by atoms with Gasteiger partial charge in [-0.25, -0.2) is 0 Å². The lowest BCUT2D eigenvalue weighted by Gasteiger charge is -1.97. The molecule has 0 aliphatic heterocycles. The van der Waals surface area contributed by atoms with Crippen LogP contribution in [-0.2, 0) is 0 Å². The van der Waals surface area contributed by atoms with Gasteiger partial charge >= 0.3 is 0 Å². The lowest BCUT2D eigenvalue weighted by Crippen LogP contribution is -2.01. The number of nitrogens with zero attached hydrogens (tertiary/aromatic N) is 1. The number of rotatable bonds is 3. The minimum absolute atomic E-state index is 0.129. The van der Waals surface area contributed by atoms with Gasteiger partial charge in [-0.1, -0.05) is 65.3 Å². The van der Waals surface area contributed by atoms with Crippen molar-refractivity contribution in [2.24, 2.45) is 0 Å². The van der Waals surface area contributed by atoms with E-state index in [-0.39, 0.29) is 5.78 Å². The van der Waals surface area contributed by atoms with E-state index in [0.29, 0.717) is 17.0 Å². The molecule has 0 bridgehead atoms. The molecule has 3 nitrogen and oxygen atoms in total. The molecule has 0 aliphatic rings. The highest BCUT2D eigenvalue weighted by Gasteiger charge is 2.15. The number of carbonyl (C=O) groups excluding carboxylic acids is 1. The molecule has 1 heterocycles. The molecule has 0 amide bonds. The van der Waals surface area contributed by atoms with Crippen molar-refractivity contribution in [1.29, 1.82) is 0 Å². The Kier molecular flexibility index (Phi) is 3.17. The molecule has 2 aromatic carbocycles. The van der Waals surface area contributed by atoms with E-state index in [0.717, 1.165) is 11.1 Å². The minimum atomic E-state index is -0.129. The molecule has 0 fully saturated rings. The number of aromatic nitrogens is 1. The number of hydrogen-bond donors (Lipinski definition) is 0. The summed E-state index contributed by atoms with van der Waals surface area (Å²) in [6.07, 6.45) is 0. The van der Waals surface area contributed by atoms with E-state index in [9.17, 15) is 4.79 Å². The van der Waals surface area contributed by atoms with E-state index in [1.165, 1.54) is 0 Å². The van der Waals surface area contributed by atoms with E-state index >= 15 is 0 Å². The van der Waals surface area contributed by atoms with Crippen LogP contribution in [0.5, 0.6) is 0 Å². The van der Waals surface area contributed by atoms with Gasteiger partial charge in [0, 0.05) is 17.2 Å². The van der Waals surface area contributed by atoms with Gasteiger partial charge in [0.1, 0.15) is 0 Å². The molecule has 0 saturated heterocycles. The zero-order valence-electron chi connectivity index (χ0n) is 11.0. The van der Waals surface area contributed by atoms with Crippen LogP contribution in [-0.4, -0.2) is 10.9 Å². The first-order valence-corrected chi connectivity index (χ1v) is 6.37. The third-order valence-corrected chi connectivity index (χ3v) is 3.11. The fraction of sp³-hybridized carbons (Fsp3) is 0.0588. The average molecular weight is 263 g/mol. The maximum Gasteiger partial charge on any atom is 0.214 e. The Labute approximate surface area is 116 Å². The predicted molar refractivity (Wildman–Crippen MR) is 76.6 cm³/mol. The van der Waals surface area contributed by atoms with Crippen molar-refractivity contribution in [3.05, 3.63) is 77.5 Å². The third-order valence-electron chi connectivity index (χ3n) is 3.11. The summed E-state index contributed by atoms with van der Waals surface area (Å²) in [5, 5.41) is 3.87. The Morgan fingerprint density at radius 2 is 1.70 bits per heavy atom. The van der Waals surface area contributed by atoms with Crippen molar-refractivity contribution >= 4 is 5.78 Å². The lowest BCUT2D eigenvalue weighted by atomic mass is 10.1. The van der Waals surface area contributed by atoms with E-state index in [1.54, 1.807) is 18.2 Å². The number of hydrogen-bond acceptors (Lipinski definition) is 3. The first-order valence-electron chi connectivity index (χ1n) is 6.37. The SMILES string of the molecule is Cc1ccc(C(=O)c2cc(-c3ccccc3)on2)cc1. The molecule has 0 radical (unpaired) electrons. The van der Waals surface area contributed by atoms with Crippen LogP contribution in [0.2, 0.25) is 0 Å². The Bertz CT molecular complexity index is 727. The van der Waals surface area contributed by atoms with Crippen LogP contribution < -0.4 is 0 Å². The number of benzene rings is 2. The summed E-state index contributed by atoms with van der Waals surface area (Å²) in [6.45, 7) is 1.98. The summed E-state index contributed by atoms with van der Waals surface area (Å²) in [7, 11) is 0. The van der Waals surface area contributed by atoms with Crippen LogP contribution in [0.15, 0.2) is 65.2 Å². The summed E-state index contributed by atoms with van der Waals surface area (Å²) < 4.78 is 5.25. The molecule has 0 spiro atoms. The summed E-state index contributed by atoms with van der Waals surface area (Å²) in [4.78, 5) is 12.3. The Balaban J connectivity index is 1.90. The van der Waals surface area contributed by atoms with Gasteiger partial charge in [0.05, 0.1) is 0 Å². The molecule has 0 N–H and O–H groups in total. The zero-order valence-corrected chi connectivity index (χ0v) is 11.0. The van der Waals surface area contributed by atoms with Gasteiger partial charge in [-0.3, -0.25) is 4.79 Å². The molecule has 0 aliphatic carbocycles. The van der Waals surface area contributed by atoms with Gasteiger partial charge in [-0.2, -0.15) is 0 Å². The van der Waals surface area contributed by atoms with Gasteiger partial charge in [-0.15, -0.1) is 0 Å². The first-order chi connectivity index (χ1) is 9.74. The van der Waals surface area contributed by atoms with Gasteiger partial charge in [0.25, 0.3) is 0 Å². The van der Waals surface area contributed by atoms with Crippen molar-refractivity contribution in [3.63, 3.8) is 0 Å². The zero-order chi connectivity index (χ0) is 13.9. The highest BCUT2D eigenvalue weighted by molar-refractivity contribution is 6.08. The second kappa shape index (κ2) is 5.13. The molecule has 3 rings (SSSR count). The van der Waals surface area contributed by atoms with E-state index in [2.05, 4.69) is 5.16 Å². The van der Waals surface area contributed by atoms with E-state index in [1.807, 2.05) is 49.4 Å². The maximum absolute atomic E-state index is 12.3. The fourth-order valence-electron chi connectivity index (χ4n) is 1.97. The minimum Gasteiger partial charge on any atom is -0.356 e. The van der Waals surface area contributed by atoms with Crippen molar-refractivity contribution in [3.8, 4) is 11.3 Å². The smallest absolute Gasteiger partial charge is 0.214 e. The fourth-order valence-corrected chi connectivity index (χ4v) is 1.97. The number of carbonyl (C=O) groups is 1. The average Bonchev–Trinajstić information content (AvgIpc) is 2.98. The van der Waals surface area contributed by atoms with Crippen molar-refractivity contribution in [2.75, 3.05) is 0 Å². The van der Waals surface area contributed by atoms with Gasteiger partial charge in [0.15, 0.2) is 11.5 Å². The van der Waals surface area contributed by atoms with Crippen molar-refractivity contribution in [2.45, 2.75) is 6.92 Å². The molecule has 3 heteroatoms. The van der Waals surface area contributed by atoms with Crippen LogP contribution in [0.1, 0.15) is 21.6 Å². The molecular formula is C17H13NO2. The van der Waals surface area contributed by atoms with Crippen LogP contribution in [0.3, 0.4) is 0 Å². The second-order valence-electron chi connectivity index (χ2n) is 4.64. The molecule has 20 heavy (non-hydrogen) atoms. The highest BCUT2D eigenvalue weighted by atomic mass is 16.5. The van der Waals surface area contributed by atoms with E-state index < -0.39 is 0 Å². The molecule has 98 valence electrons. The molecule has 3 aromatic rings. The highest BCUT2D eigenvalue weighted by Crippen LogP contribution is 2.21. The summed E-state index contributed by atoms with van der Waals surface area (Å²) in [5.74, 6) is 0.469. The lowest BCUT2D eigenvalue weighted by molar-refractivity contribution is 0.103. The normalized spacial score (nSPS) is 10.4. The third kappa shape index (κ3) is 2.38. The Hall–Kier alpha value is -2.68. The van der Waals surface area contributed by atoms with Crippen molar-refractivity contribution in [1.82, 2.24) is 5.16 Å². The predicted octanol–water partition coefficient (Wildman–Crippen LogP) is 3.88. The molecule has 1 aromatic heterocycles. The van der Waals surface area contributed by atoms with Gasteiger partial charge in [-0.05, 0) is 6.92 Å². The largest absolute Gasteiger partial charge is 0.356 e. The quantitative estimate of drug-likeness (QED) is 0.673. The monoisotopic (exact) mass is 263 g/mol. The molecule has 0 unspecified atom stereocenters. The standard InChI is InChI=1S/C17H13NO2/c1-12-7-9-14(10-8-12)17(19)15-11-16(20-18-15)13-5-3-2-4-6-13/h2-11H,1H3. The van der Waals surface area contributed by atoms with Crippen LogP contribution in [0.4, 0.5) is 0 Å². The van der Waals surface area contributed by atoms with Crippen LogP contribution in [0, 0.1) is 6.92 Å². The van der Waals surface area contributed by atoms with Crippen LogP contribution in [0.25, 0.3) is 11.3 Å². The topological polar surface area (TPSA) is 43.1 Å². The maximum atomic E-state index is 12.3. The van der Waals surface area contributed by atoms with Crippen molar-refractivity contribution < 1.29 is 9.32 Å². The number of aryl methyl sites for hydroxylation is 1. The molecule has 0 atom stereocenters. The Morgan fingerprint density at radius 1 is 1.00 bits per heavy atom. The van der Waals surface area contributed by atoms with E-state index in [4.69, 9.17) is 4.52 Å². The molecule has 0 saturated carbocycles. The Morgan fingerprint density at radius 3 is 2.40 bits per heavy atom. The molecular weight excluding hydrogens is 250 g/mol. The van der Waals surface area contributed by atoms with Gasteiger partial charge in [0.2, 0.25) is 5.78 Å². The summed E-state index contributed by atoms with van der Waals surface area (Å²) in [5.41, 5.74) is 2.96. The summed E-state index contributed by atoms with van der Waals surface area (Å²) >= 11 is 0. The van der Waals surface area contributed by atoms with Gasteiger partial charge < -0.3 is 4.52 Å². The van der Waals surface area contributed by atoms with Crippen LogP contribution >= 0.6 is 0 Å². The number of ketones is 1. The second-order valence-corrected chi connectivity index (χ2v) is 4.64. The first kappa shape index (κ1) is 12.4. The summed E-state index contributed by atoms with van der Waals surface area (Å²) in [6, 6.07) is 18.7.